The van der Waals surface area contributed by atoms with Crippen molar-refractivity contribution in [3.63, 3.8) is 0 Å². The zero-order valence-electron chi connectivity index (χ0n) is 14.9. The van der Waals surface area contributed by atoms with Crippen LogP contribution in [0.1, 0.15) is 28.8 Å². The largest absolute Gasteiger partial charge is 0.478 e. The SMILES string of the molecule is O=C(O)C=Cc1cnc(NC2CCN(C(=O)c3ccc(Cl)cc3)CC2)c(Cl)c1. The molecule has 0 aliphatic carbocycles. The van der Waals surface area contributed by atoms with Gasteiger partial charge in [0.25, 0.3) is 5.91 Å². The summed E-state index contributed by atoms with van der Waals surface area (Å²) >= 11 is 12.1. The van der Waals surface area contributed by atoms with Crippen LogP contribution in [0.15, 0.2) is 42.6 Å². The molecule has 0 saturated carbocycles. The smallest absolute Gasteiger partial charge is 0.328 e. The Hall–Kier alpha value is -2.57. The molecule has 0 unspecified atom stereocenters. The van der Waals surface area contributed by atoms with Crippen LogP contribution in [0.5, 0.6) is 0 Å². The first-order valence-corrected chi connectivity index (χ1v) is 9.56. The summed E-state index contributed by atoms with van der Waals surface area (Å²) in [6, 6.07) is 8.71. The van der Waals surface area contributed by atoms with Gasteiger partial charge in [-0.1, -0.05) is 23.2 Å². The van der Waals surface area contributed by atoms with Gasteiger partial charge in [-0.3, -0.25) is 4.79 Å². The van der Waals surface area contributed by atoms with E-state index in [2.05, 4.69) is 10.3 Å². The van der Waals surface area contributed by atoms with Gasteiger partial charge in [0.15, 0.2) is 0 Å². The fourth-order valence-corrected chi connectivity index (χ4v) is 3.37. The highest BCUT2D eigenvalue weighted by atomic mass is 35.5. The van der Waals surface area contributed by atoms with Gasteiger partial charge in [0.2, 0.25) is 0 Å². The van der Waals surface area contributed by atoms with Crippen LogP contribution in [0.25, 0.3) is 6.08 Å². The maximum absolute atomic E-state index is 12.6. The number of benzene rings is 1. The molecule has 1 aliphatic rings. The average molecular weight is 420 g/mol. The molecule has 2 N–H and O–H groups in total. The van der Waals surface area contributed by atoms with E-state index >= 15 is 0 Å². The van der Waals surface area contributed by atoms with E-state index in [1.54, 1.807) is 36.5 Å². The van der Waals surface area contributed by atoms with Crippen molar-refractivity contribution in [3.05, 3.63) is 63.8 Å². The molecule has 1 aromatic carbocycles. The molecular weight excluding hydrogens is 401 g/mol. The van der Waals surface area contributed by atoms with Crippen LogP contribution >= 0.6 is 23.2 Å². The van der Waals surface area contributed by atoms with Crippen LogP contribution < -0.4 is 5.32 Å². The minimum absolute atomic E-state index is 0.000782. The molecule has 0 bridgehead atoms. The second-order valence-corrected chi connectivity index (χ2v) is 7.33. The van der Waals surface area contributed by atoms with Gasteiger partial charge in [-0.15, -0.1) is 0 Å². The number of anilines is 1. The molecule has 1 fully saturated rings. The molecule has 0 radical (unpaired) electrons. The number of hydrogen-bond acceptors (Lipinski definition) is 4. The molecule has 28 heavy (non-hydrogen) atoms. The van der Waals surface area contributed by atoms with Crippen molar-refractivity contribution in [1.29, 1.82) is 0 Å². The number of rotatable bonds is 5. The number of amides is 1. The first kappa shape index (κ1) is 20.2. The Kier molecular flexibility index (Phi) is 6.54. The van der Waals surface area contributed by atoms with Gasteiger partial charge < -0.3 is 15.3 Å². The number of carboxylic acid groups (broad SMARTS) is 1. The summed E-state index contributed by atoms with van der Waals surface area (Å²) in [6.45, 7) is 1.27. The highest BCUT2D eigenvalue weighted by Crippen LogP contribution is 2.24. The number of aromatic nitrogens is 1. The lowest BCUT2D eigenvalue weighted by molar-refractivity contribution is -0.131. The zero-order chi connectivity index (χ0) is 20.1. The number of carbonyl (C=O) groups is 2. The van der Waals surface area contributed by atoms with Crippen LogP contribution in [0.4, 0.5) is 5.82 Å². The maximum atomic E-state index is 12.6. The molecular formula is C20H19Cl2N3O3. The van der Waals surface area contributed by atoms with E-state index in [0.29, 0.717) is 40.1 Å². The highest BCUT2D eigenvalue weighted by Gasteiger charge is 2.24. The van der Waals surface area contributed by atoms with Crippen molar-refractivity contribution >= 4 is 47.0 Å². The van der Waals surface area contributed by atoms with E-state index in [1.165, 1.54) is 6.08 Å². The normalized spacial score (nSPS) is 15.0. The third kappa shape index (κ3) is 5.24. The van der Waals surface area contributed by atoms with Crippen LogP contribution in [-0.2, 0) is 4.79 Å². The lowest BCUT2D eigenvalue weighted by atomic mass is 10.0. The number of pyridine rings is 1. The molecule has 2 heterocycles. The summed E-state index contributed by atoms with van der Waals surface area (Å²) in [7, 11) is 0. The molecule has 2 aromatic rings. The Morgan fingerprint density at radius 2 is 1.86 bits per heavy atom. The Morgan fingerprint density at radius 1 is 1.18 bits per heavy atom. The Morgan fingerprint density at radius 3 is 2.46 bits per heavy atom. The number of piperidine rings is 1. The summed E-state index contributed by atoms with van der Waals surface area (Å²) in [5, 5.41) is 13.0. The third-order valence-electron chi connectivity index (χ3n) is 4.49. The van der Waals surface area contributed by atoms with Crippen molar-refractivity contribution in [1.82, 2.24) is 9.88 Å². The van der Waals surface area contributed by atoms with Gasteiger partial charge in [-0.05, 0) is 54.8 Å². The van der Waals surface area contributed by atoms with Crippen molar-refractivity contribution in [3.8, 4) is 0 Å². The number of nitrogens with one attached hydrogen (secondary N) is 1. The zero-order valence-corrected chi connectivity index (χ0v) is 16.5. The molecule has 1 aliphatic heterocycles. The van der Waals surface area contributed by atoms with Gasteiger partial charge in [0.05, 0.1) is 5.02 Å². The number of nitrogens with zero attached hydrogens (tertiary/aromatic N) is 2. The lowest BCUT2D eigenvalue weighted by Crippen LogP contribution is -2.42. The third-order valence-corrected chi connectivity index (χ3v) is 5.03. The molecule has 1 aromatic heterocycles. The minimum atomic E-state index is -1.03. The second kappa shape index (κ2) is 9.08. The van der Waals surface area contributed by atoms with E-state index in [4.69, 9.17) is 28.3 Å². The van der Waals surface area contributed by atoms with Gasteiger partial charge in [0, 0.05) is 42.0 Å². The lowest BCUT2D eigenvalue weighted by Gasteiger charge is -2.33. The van der Waals surface area contributed by atoms with Crippen molar-refractivity contribution in [2.75, 3.05) is 18.4 Å². The number of aliphatic carboxylic acids is 1. The Balaban J connectivity index is 1.56. The molecule has 1 amide bonds. The van der Waals surface area contributed by atoms with E-state index in [1.807, 2.05) is 4.90 Å². The summed E-state index contributed by atoms with van der Waals surface area (Å²) in [6.07, 6.45) is 5.59. The Bertz CT molecular complexity index is 892. The van der Waals surface area contributed by atoms with Gasteiger partial charge in [-0.2, -0.15) is 0 Å². The van der Waals surface area contributed by atoms with Crippen LogP contribution in [0.2, 0.25) is 10.0 Å². The number of halogens is 2. The molecule has 3 rings (SSSR count). The first-order valence-electron chi connectivity index (χ1n) is 8.80. The van der Waals surface area contributed by atoms with Crippen LogP contribution in [0, 0.1) is 0 Å². The van der Waals surface area contributed by atoms with E-state index in [9.17, 15) is 9.59 Å². The van der Waals surface area contributed by atoms with E-state index < -0.39 is 5.97 Å². The van der Waals surface area contributed by atoms with Crippen LogP contribution in [-0.4, -0.2) is 46.0 Å². The summed E-state index contributed by atoms with van der Waals surface area (Å²) in [5.74, 6) is -0.476. The van der Waals surface area contributed by atoms with Gasteiger partial charge in [0.1, 0.15) is 5.82 Å². The Labute approximate surface area is 172 Å². The topological polar surface area (TPSA) is 82.5 Å². The van der Waals surface area contributed by atoms with Gasteiger partial charge >= 0.3 is 5.97 Å². The average Bonchev–Trinajstić information content (AvgIpc) is 2.69. The van der Waals surface area contributed by atoms with E-state index in [-0.39, 0.29) is 11.9 Å². The molecule has 1 saturated heterocycles. The molecule has 0 spiro atoms. The summed E-state index contributed by atoms with van der Waals surface area (Å²) in [4.78, 5) is 29.2. The highest BCUT2D eigenvalue weighted by molar-refractivity contribution is 6.33. The quantitative estimate of drug-likeness (QED) is 0.709. The van der Waals surface area contributed by atoms with Crippen LogP contribution in [0.3, 0.4) is 0 Å². The molecule has 146 valence electrons. The van der Waals surface area contributed by atoms with Gasteiger partial charge in [-0.25, -0.2) is 9.78 Å². The second-order valence-electron chi connectivity index (χ2n) is 6.49. The molecule has 8 heteroatoms. The number of hydrogen-bond donors (Lipinski definition) is 2. The minimum Gasteiger partial charge on any atom is -0.478 e. The van der Waals surface area contributed by atoms with E-state index in [0.717, 1.165) is 18.9 Å². The number of carbonyl (C=O) groups excluding carboxylic acids is 1. The van der Waals surface area contributed by atoms with Crippen molar-refractivity contribution in [2.24, 2.45) is 0 Å². The molecule has 6 nitrogen and oxygen atoms in total. The molecule has 0 atom stereocenters. The number of likely N-dealkylation sites (tertiary alicyclic amines) is 1. The summed E-state index contributed by atoms with van der Waals surface area (Å²) in [5.41, 5.74) is 1.24. The first-order chi connectivity index (χ1) is 13.4. The standard InChI is InChI=1S/C20H19Cl2N3O3/c21-15-4-2-14(3-5-15)20(28)25-9-7-16(8-10-25)24-19-17(22)11-13(12-23-19)1-6-18(26)27/h1-6,11-12,16H,7-10H2,(H,23,24)(H,26,27). The maximum Gasteiger partial charge on any atom is 0.328 e. The van der Waals surface area contributed by atoms with Crippen molar-refractivity contribution in [2.45, 2.75) is 18.9 Å². The van der Waals surface area contributed by atoms with Crippen molar-refractivity contribution < 1.29 is 14.7 Å². The summed E-state index contributed by atoms with van der Waals surface area (Å²) < 4.78 is 0. The fraction of sp³-hybridized carbons (Fsp3) is 0.250. The predicted octanol–water partition coefficient (Wildman–Crippen LogP) is 4.20. The predicted molar refractivity (Wildman–Crippen MR) is 110 cm³/mol. The number of carboxylic acids is 1. The monoisotopic (exact) mass is 419 g/mol. The fourth-order valence-electron chi connectivity index (χ4n) is 3.01.